The van der Waals surface area contributed by atoms with Crippen molar-refractivity contribution in [3.05, 3.63) is 54.0 Å². The maximum atomic E-state index is 11.9. The molecule has 1 aromatic carbocycles. The normalized spacial score (nSPS) is 12.5. The molecule has 1 amide bonds. The van der Waals surface area contributed by atoms with Crippen LogP contribution in [0.5, 0.6) is 0 Å². The van der Waals surface area contributed by atoms with E-state index in [2.05, 4.69) is 20.9 Å². The summed E-state index contributed by atoms with van der Waals surface area (Å²) in [4.78, 5) is 16.1. The number of nitrogens with one attached hydrogen (secondary N) is 3. The molecule has 25 heavy (non-hydrogen) atoms. The van der Waals surface area contributed by atoms with Gasteiger partial charge in [-0.2, -0.15) is 0 Å². The van der Waals surface area contributed by atoms with Gasteiger partial charge in [0.1, 0.15) is 0 Å². The van der Waals surface area contributed by atoms with Gasteiger partial charge < -0.3 is 25.1 Å². The third-order valence-corrected chi connectivity index (χ3v) is 3.44. The average molecular weight is 344 g/mol. The summed E-state index contributed by atoms with van der Waals surface area (Å²) >= 11 is 0. The molecule has 1 unspecified atom stereocenters. The topological polar surface area (TPSA) is 87.9 Å². The molecule has 1 heterocycles. The van der Waals surface area contributed by atoms with Crippen molar-refractivity contribution in [1.82, 2.24) is 10.6 Å². The number of hydrogen-bond donors (Lipinski definition) is 3. The van der Waals surface area contributed by atoms with Crippen molar-refractivity contribution in [2.45, 2.75) is 19.5 Å². The Labute approximate surface area is 147 Å². The highest BCUT2D eigenvalue weighted by molar-refractivity contribution is 6.02. The van der Waals surface area contributed by atoms with Crippen LogP contribution in [-0.2, 0) is 11.3 Å². The number of nitrogens with zero attached hydrogens (tertiary/aromatic N) is 1. The summed E-state index contributed by atoms with van der Waals surface area (Å²) in [6.07, 6.45) is 1.47. The van der Waals surface area contributed by atoms with E-state index >= 15 is 0 Å². The lowest BCUT2D eigenvalue weighted by Crippen LogP contribution is -2.43. The first-order valence-electron chi connectivity index (χ1n) is 8.02. The Balaban J connectivity index is 1.84. The molecule has 2 rings (SSSR count). The van der Waals surface area contributed by atoms with E-state index in [1.54, 1.807) is 26.3 Å². The zero-order chi connectivity index (χ0) is 18.1. The zero-order valence-electron chi connectivity index (χ0n) is 14.7. The molecule has 0 aliphatic rings. The van der Waals surface area contributed by atoms with E-state index in [1.807, 2.05) is 31.2 Å². The Bertz CT molecular complexity index is 681. The minimum Gasteiger partial charge on any atom is -0.459 e. The van der Waals surface area contributed by atoms with E-state index in [0.29, 0.717) is 24.8 Å². The number of carbonyl (C=O) groups excluding carboxylic acids is 1. The molecule has 0 aliphatic heterocycles. The fourth-order valence-corrected chi connectivity index (χ4v) is 2.21. The third-order valence-electron chi connectivity index (χ3n) is 3.44. The van der Waals surface area contributed by atoms with Crippen molar-refractivity contribution in [2.75, 3.05) is 26.1 Å². The van der Waals surface area contributed by atoms with Crippen LogP contribution in [0.3, 0.4) is 0 Å². The molecule has 0 saturated carbocycles. The van der Waals surface area contributed by atoms with Crippen molar-refractivity contribution in [3.63, 3.8) is 0 Å². The maximum absolute atomic E-state index is 11.9. The van der Waals surface area contributed by atoms with Gasteiger partial charge in [0.25, 0.3) is 5.91 Å². The van der Waals surface area contributed by atoms with Crippen LogP contribution in [-0.4, -0.2) is 38.7 Å². The summed E-state index contributed by atoms with van der Waals surface area (Å²) < 4.78 is 10.2. The molecule has 1 aromatic heterocycles. The Kier molecular flexibility index (Phi) is 7.03. The number of aliphatic imine (C=N–C) groups is 1. The van der Waals surface area contributed by atoms with Crippen LogP contribution < -0.4 is 16.0 Å². The van der Waals surface area contributed by atoms with Gasteiger partial charge in [0.2, 0.25) is 0 Å². The summed E-state index contributed by atoms with van der Waals surface area (Å²) in [5.74, 6) is 0.721. The van der Waals surface area contributed by atoms with E-state index < -0.39 is 0 Å². The lowest BCUT2D eigenvalue weighted by Gasteiger charge is -2.17. The number of benzene rings is 1. The molecule has 0 aliphatic carbocycles. The molecule has 0 fully saturated rings. The fourth-order valence-electron chi connectivity index (χ4n) is 2.21. The lowest BCUT2D eigenvalue weighted by atomic mass is 10.2. The van der Waals surface area contributed by atoms with Crippen LogP contribution in [0.4, 0.5) is 5.69 Å². The van der Waals surface area contributed by atoms with E-state index in [1.165, 1.54) is 6.26 Å². The molecule has 0 radical (unpaired) electrons. The minimum absolute atomic E-state index is 0.162. The molecule has 3 N–H and O–H groups in total. The number of guanidine groups is 1. The standard InChI is InChI=1S/C18H24N4O3/c1-13(12-24-3)21-18(19-2)20-11-14-6-8-15(9-7-14)22-17(23)16-5-4-10-25-16/h4-10,13H,11-12H2,1-3H3,(H,22,23)(H2,19,20,21). The summed E-state index contributed by atoms with van der Waals surface area (Å²) in [7, 11) is 3.39. The molecule has 0 bridgehead atoms. The summed E-state index contributed by atoms with van der Waals surface area (Å²) in [5.41, 5.74) is 1.78. The Morgan fingerprint density at radius 1 is 1.28 bits per heavy atom. The Morgan fingerprint density at radius 2 is 2.04 bits per heavy atom. The maximum Gasteiger partial charge on any atom is 0.291 e. The molecular weight excluding hydrogens is 320 g/mol. The second kappa shape index (κ2) is 9.48. The minimum atomic E-state index is -0.271. The van der Waals surface area contributed by atoms with Gasteiger partial charge >= 0.3 is 0 Å². The van der Waals surface area contributed by atoms with Crippen LogP contribution in [0.1, 0.15) is 23.0 Å². The number of rotatable bonds is 7. The summed E-state index contributed by atoms with van der Waals surface area (Å²) in [6, 6.07) is 11.0. The molecule has 7 nitrogen and oxygen atoms in total. The number of ether oxygens (including phenoxy) is 1. The smallest absolute Gasteiger partial charge is 0.291 e. The van der Waals surface area contributed by atoms with Gasteiger partial charge in [0, 0.05) is 32.4 Å². The SMILES string of the molecule is CN=C(NCc1ccc(NC(=O)c2ccco2)cc1)NC(C)COC. The van der Waals surface area contributed by atoms with Crippen molar-refractivity contribution < 1.29 is 13.9 Å². The van der Waals surface area contributed by atoms with Gasteiger partial charge in [0.05, 0.1) is 12.9 Å². The first-order chi connectivity index (χ1) is 12.1. The number of furan rings is 1. The fraction of sp³-hybridized carbons (Fsp3) is 0.333. The quantitative estimate of drug-likeness (QED) is 0.529. The Morgan fingerprint density at radius 3 is 2.64 bits per heavy atom. The number of amides is 1. The summed E-state index contributed by atoms with van der Waals surface area (Å²) in [5, 5.41) is 9.26. The molecule has 134 valence electrons. The van der Waals surface area contributed by atoms with Crippen LogP contribution in [0.25, 0.3) is 0 Å². The first kappa shape index (κ1) is 18.5. The number of carbonyl (C=O) groups is 1. The van der Waals surface area contributed by atoms with E-state index in [4.69, 9.17) is 9.15 Å². The molecule has 0 spiro atoms. The molecule has 7 heteroatoms. The van der Waals surface area contributed by atoms with Crippen molar-refractivity contribution in [2.24, 2.45) is 4.99 Å². The molecule has 0 saturated heterocycles. The largest absolute Gasteiger partial charge is 0.459 e. The lowest BCUT2D eigenvalue weighted by molar-refractivity contribution is 0.0996. The van der Waals surface area contributed by atoms with Gasteiger partial charge in [-0.25, -0.2) is 0 Å². The second-order valence-electron chi connectivity index (χ2n) is 5.55. The molecule has 1 atom stereocenters. The van der Waals surface area contributed by atoms with Crippen molar-refractivity contribution in [3.8, 4) is 0 Å². The van der Waals surface area contributed by atoms with E-state index in [0.717, 1.165) is 5.56 Å². The highest BCUT2D eigenvalue weighted by atomic mass is 16.5. The first-order valence-corrected chi connectivity index (χ1v) is 8.02. The van der Waals surface area contributed by atoms with Crippen LogP contribution in [0.15, 0.2) is 52.1 Å². The van der Waals surface area contributed by atoms with Crippen LogP contribution >= 0.6 is 0 Å². The molecular formula is C18H24N4O3. The van der Waals surface area contributed by atoms with Gasteiger partial charge in [-0.15, -0.1) is 0 Å². The highest BCUT2D eigenvalue weighted by Crippen LogP contribution is 2.11. The molecule has 2 aromatic rings. The van der Waals surface area contributed by atoms with Crippen LogP contribution in [0, 0.1) is 0 Å². The van der Waals surface area contributed by atoms with E-state index in [-0.39, 0.29) is 17.7 Å². The van der Waals surface area contributed by atoms with Gasteiger partial charge in [-0.1, -0.05) is 12.1 Å². The predicted molar refractivity (Wildman–Crippen MR) is 97.8 cm³/mol. The van der Waals surface area contributed by atoms with Gasteiger partial charge in [-0.3, -0.25) is 9.79 Å². The monoisotopic (exact) mass is 344 g/mol. The van der Waals surface area contributed by atoms with Crippen LogP contribution in [0.2, 0.25) is 0 Å². The number of hydrogen-bond acceptors (Lipinski definition) is 4. The number of anilines is 1. The highest BCUT2D eigenvalue weighted by Gasteiger charge is 2.08. The van der Waals surface area contributed by atoms with E-state index in [9.17, 15) is 4.79 Å². The van der Waals surface area contributed by atoms with Crippen molar-refractivity contribution in [1.29, 1.82) is 0 Å². The Hall–Kier alpha value is -2.80. The zero-order valence-corrected chi connectivity index (χ0v) is 14.7. The number of methoxy groups -OCH3 is 1. The average Bonchev–Trinajstić information content (AvgIpc) is 3.15. The second-order valence-corrected chi connectivity index (χ2v) is 5.55. The van der Waals surface area contributed by atoms with Crippen molar-refractivity contribution >= 4 is 17.6 Å². The summed E-state index contributed by atoms with van der Waals surface area (Å²) in [6.45, 7) is 3.24. The van der Waals surface area contributed by atoms with Gasteiger partial charge in [0.15, 0.2) is 11.7 Å². The predicted octanol–water partition coefficient (Wildman–Crippen LogP) is 2.23. The van der Waals surface area contributed by atoms with Gasteiger partial charge in [-0.05, 0) is 36.8 Å². The third kappa shape index (κ3) is 5.96.